The van der Waals surface area contributed by atoms with Crippen LogP contribution < -0.4 is 10.1 Å². The summed E-state index contributed by atoms with van der Waals surface area (Å²) in [5, 5.41) is 2.71. The smallest absolute Gasteiger partial charge is 0.336 e. The van der Waals surface area contributed by atoms with Crippen molar-refractivity contribution < 1.29 is 14.3 Å². The maximum absolute atomic E-state index is 11.8. The molecule has 1 amide bonds. The Morgan fingerprint density at radius 1 is 1.09 bits per heavy atom. The van der Waals surface area contributed by atoms with Crippen LogP contribution in [0.25, 0.3) is 6.08 Å². The highest BCUT2D eigenvalue weighted by Gasteiger charge is 2.03. The van der Waals surface area contributed by atoms with Gasteiger partial charge in [0.25, 0.3) is 0 Å². The third kappa shape index (κ3) is 4.90. The molecule has 0 aromatic heterocycles. The monoisotopic (exact) mass is 295 g/mol. The summed E-state index contributed by atoms with van der Waals surface area (Å²) < 4.78 is 5.21. The van der Waals surface area contributed by atoms with Gasteiger partial charge in [0.1, 0.15) is 5.75 Å². The van der Waals surface area contributed by atoms with E-state index < -0.39 is 5.97 Å². The van der Waals surface area contributed by atoms with E-state index in [0.29, 0.717) is 17.9 Å². The van der Waals surface area contributed by atoms with Crippen LogP contribution in [0.15, 0.2) is 60.7 Å². The largest absolute Gasteiger partial charge is 0.423 e. The van der Waals surface area contributed by atoms with Crippen LogP contribution in [-0.2, 0) is 9.59 Å². The summed E-state index contributed by atoms with van der Waals surface area (Å²) in [5.74, 6) is -0.174. The molecule has 0 fully saturated rings. The van der Waals surface area contributed by atoms with E-state index in [2.05, 4.69) is 5.32 Å². The molecule has 0 atom stereocenters. The normalized spacial score (nSPS) is 10.4. The number of hydrogen-bond donors (Lipinski definition) is 1. The molecule has 1 N–H and O–H groups in total. The maximum atomic E-state index is 11.8. The van der Waals surface area contributed by atoms with Crippen molar-refractivity contribution in [3.05, 3.63) is 66.2 Å². The van der Waals surface area contributed by atoms with E-state index in [4.69, 9.17) is 4.74 Å². The van der Waals surface area contributed by atoms with E-state index in [1.54, 1.807) is 37.3 Å². The maximum Gasteiger partial charge on any atom is 0.336 e. The molecular formula is C18H17NO3. The van der Waals surface area contributed by atoms with Gasteiger partial charge >= 0.3 is 5.97 Å². The van der Waals surface area contributed by atoms with Crippen molar-refractivity contribution in [3.63, 3.8) is 0 Å². The van der Waals surface area contributed by atoms with Gasteiger partial charge in [-0.1, -0.05) is 43.3 Å². The number of carbonyl (C=O) groups excluding carboxylic acids is 2. The van der Waals surface area contributed by atoms with E-state index >= 15 is 0 Å². The Balaban J connectivity index is 1.98. The van der Waals surface area contributed by atoms with Crippen LogP contribution in [0.3, 0.4) is 0 Å². The van der Waals surface area contributed by atoms with Crippen molar-refractivity contribution >= 4 is 23.6 Å². The summed E-state index contributed by atoms with van der Waals surface area (Å²) in [7, 11) is 0. The van der Waals surface area contributed by atoms with Gasteiger partial charge in [0.2, 0.25) is 5.91 Å². The Kier molecular flexibility index (Phi) is 5.49. The molecule has 2 aromatic carbocycles. The number of hydrogen-bond acceptors (Lipinski definition) is 3. The first-order valence-electron chi connectivity index (χ1n) is 7.02. The SMILES string of the molecule is CCC(=O)Nc1cccc(OC(=O)/C=C/c2ccccc2)c1. The van der Waals surface area contributed by atoms with Crippen molar-refractivity contribution in [2.45, 2.75) is 13.3 Å². The van der Waals surface area contributed by atoms with Gasteiger partial charge in [-0.15, -0.1) is 0 Å². The van der Waals surface area contributed by atoms with Gasteiger partial charge in [0.05, 0.1) is 0 Å². The van der Waals surface area contributed by atoms with Crippen LogP contribution in [0.4, 0.5) is 5.69 Å². The Morgan fingerprint density at radius 2 is 1.86 bits per heavy atom. The highest BCUT2D eigenvalue weighted by Crippen LogP contribution is 2.18. The standard InChI is InChI=1S/C18H17NO3/c1-2-17(20)19-15-9-6-10-16(13-15)22-18(21)12-11-14-7-4-3-5-8-14/h3-13H,2H2,1H3,(H,19,20)/b12-11+. The molecule has 2 aromatic rings. The summed E-state index contributed by atoms with van der Waals surface area (Å²) >= 11 is 0. The summed E-state index contributed by atoms with van der Waals surface area (Å²) in [6.45, 7) is 1.77. The number of anilines is 1. The van der Waals surface area contributed by atoms with E-state index in [9.17, 15) is 9.59 Å². The fraction of sp³-hybridized carbons (Fsp3) is 0.111. The summed E-state index contributed by atoms with van der Waals surface area (Å²) in [6, 6.07) is 16.2. The van der Waals surface area contributed by atoms with Crippen LogP contribution in [0.1, 0.15) is 18.9 Å². The second kappa shape index (κ2) is 7.78. The third-order valence-electron chi connectivity index (χ3n) is 2.87. The number of benzene rings is 2. The van der Waals surface area contributed by atoms with Gasteiger partial charge in [-0.25, -0.2) is 4.79 Å². The van der Waals surface area contributed by atoms with E-state index in [1.807, 2.05) is 30.3 Å². The molecule has 0 unspecified atom stereocenters. The lowest BCUT2D eigenvalue weighted by atomic mass is 10.2. The molecule has 4 nitrogen and oxygen atoms in total. The number of ether oxygens (including phenoxy) is 1. The Labute approximate surface area is 129 Å². The molecule has 112 valence electrons. The van der Waals surface area contributed by atoms with Crippen molar-refractivity contribution in [3.8, 4) is 5.75 Å². The fourth-order valence-corrected chi connectivity index (χ4v) is 1.77. The number of carbonyl (C=O) groups is 2. The highest BCUT2D eigenvalue weighted by atomic mass is 16.5. The first-order valence-corrected chi connectivity index (χ1v) is 7.02. The summed E-state index contributed by atoms with van der Waals surface area (Å²) in [4.78, 5) is 23.1. The van der Waals surface area contributed by atoms with Gasteiger partial charge < -0.3 is 10.1 Å². The average Bonchev–Trinajstić information content (AvgIpc) is 2.54. The van der Waals surface area contributed by atoms with Crippen LogP contribution in [-0.4, -0.2) is 11.9 Å². The van der Waals surface area contributed by atoms with Gasteiger partial charge in [-0.3, -0.25) is 4.79 Å². The number of rotatable bonds is 5. The Hall–Kier alpha value is -2.88. The minimum atomic E-state index is -0.470. The molecule has 0 spiro atoms. The molecule has 2 rings (SSSR count). The lowest BCUT2D eigenvalue weighted by molar-refractivity contribution is -0.128. The first kappa shape index (κ1) is 15.5. The summed E-state index contributed by atoms with van der Waals surface area (Å²) in [5.41, 5.74) is 1.52. The van der Waals surface area contributed by atoms with Gasteiger partial charge in [0, 0.05) is 24.3 Å². The van der Waals surface area contributed by atoms with Crippen LogP contribution in [0.5, 0.6) is 5.75 Å². The zero-order chi connectivity index (χ0) is 15.8. The molecule has 0 saturated carbocycles. The minimum absolute atomic E-state index is 0.0903. The number of amides is 1. The lowest BCUT2D eigenvalue weighted by Crippen LogP contribution is -2.10. The Bertz CT molecular complexity index is 678. The van der Waals surface area contributed by atoms with Crippen molar-refractivity contribution in [1.82, 2.24) is 0 Å². The van der Waals surface area contributed by atoms with Crippen molar-refractivity contribution in [2.75, 3.05) is 5.32 Å². The molecule has 0 bridgehead atoms. The molecule has 0 aliphatic rings. The molecule has 0 radical (unpaired) electrons. The van der Waals surface area contributed by atoms with E-state index in [0.717, 1.165) is 5.56 Å². The second-order valence-corrected chi connectivity index (χ2v) is 4.59. The van der Waals surface area contributed by atoms with Crippen LogP contribution in [0.2, 0.25) is 0 Å². The lowest BCUT2D eigenvalue weighted by Gasteiger charge is -2.06. The molecule has 0 saturated heterocycles. The predicted octanol–water partition coefficient (Wildman–Crippen LogP) is 3.65. The topological polar surface area (TPSA) is 55.4 Å². The molecule has 22 heavy (non-hydrogen) atoms. The fourth-order valence-electron chi connectivity index (χ4n) is 1.77. The molecule has 0 aliphatic carbocycles. The van der Waals surface area contributed by atoms with Crippen molar-refractivity contribution in [1.29, 1.82) is 0 Å². The zero-order valence-corrected chi connectivity index (χ0v) is 12.3. The van der Waals surface area contributed by atoms with Crippen LogP contribution >= 0.6 is 0 Å². The quantitative estimate of drug-likeness (QED) is 0.520. The van der Waals surface area contributed by atoms with Gasteiger partial charge in [0.15, 0.2) is 0 Å². The number of nitrogens with one attached hydrogen (secondary N) is 1. The van der Waals surface area contributed by atoms with Gasteiger partial charge in [-0.05, 0) is 23.8 Å². The summed E-state index contributed by atoms with van der Waals surface area (Å²) in [6.07, 6.45) is 3.45. The predicted molar refractivity (Wildman–Crippen MR) is 86.5 cm³/mol. The van der Waals surface area contributed by atoms with E-state index in [-0.39, 0.29) is 5.91 Å². The van der Waals surface area contributed by atoms with Gasteiger partial charge in [-0.2, -0.15) is 0 Å². The molecule has 4 heteroatoms. The molecule has 0 heterocycles. The minimum Gasteiger partial charge on any atom is -0.423 e. The Morgan fingerprint density at radius 3 is 2.59 bits per heavy atom. The number of esters is 1. The van der Waals surface area contributed by atoms with Crippen molar-refractivity contribution in [2.24, 2.45) is 0 Å². The zero-order valence-electron chi connectivity index (χ0n) is 12.3. The second-order valence-electron chi connectivity index (χ2n) is 4.59. The third-order valence-corrected chi connectivity index (χ3v) is 2.87. The van der Waals surface area contributed by atoms with Crippen LogP contribution in [0, 0.1) is 0 Å². The highest BCUT2D eigenvalue weighted by molar-refractivity contribution is 5.91. The first-order chi connectivity index (χ1) is 10.7. The average molecular weight is 295 g/mol. The molecule has 0 aliphatic heterocycles. The molecular weight excluding hydrogens is 278 g/mol. The van der Waals surface area contributed by atoms with E-state index in [1.165, 1.54) is 6.08 Å².